The van der Waals surface area contributed by atoms with Crippen LogP contribution in [-0.2, 0) is 4.74 Å². The zero-order chi connectivity index (χ0) is 20.4. The summed E-state index contributed by atoms with van der Waals surface area (Å²) in [6.07, 6.45) is 0.633. The Labute approximate surface area is 167 Å². The number of hydrogen-bond acceptors (Lipinski definition) is 4. The quantitative estimate of drug-likeness (QED) is 0.595. The summed E-state index contributed by atoms with van der Waals surface area (Å²) in [5, 5.41) is 17.4. The fraction of sp³-hybridized carbons (Fsp3) is 0.273. The third kappa shape index (κ3) is 3.38. The van der Waals surface area contributed by atoms with Gasteiger partial charge in [0, 0.05) is 36.4 Å². The van der Waals surface area contributed by atoms with E-state index in [0.29, 0.717) is 54.3 Å². The number of phenols is 1. The number of nitrogens with one attached hydrogen (secondary N) is 1. The van der Waals surface area contributed by atoms with Gasteiger partial charge in [-0.05, 0) is 31.5 Å². The molecular weight excluding hydrogens is 373 g/mol. The van der Waals surface area contributed by atoms with E-state index >= 15 is 0 Å². The number of carbonyl (C=O) groups is 1. The first-order chi connectivity index (χ1) is 14.1. The third-order valence-corrected chi connectivity index (χ3v) is 5.11. The van der Waals surface area contributed by atoms with Crippen LogP contribution in [-0.4, -0.2) is 45.9 Å². The summed E-state index contributed by atoms with van der Waals surface area (Å²) in [5.74, 6) is -0.576. The first-order valence-corrected chi connectivity index (χ1v) is 9.63. The van der Waals surface area contributed by atoms with E-state index in [-0.39, 0.29) is 11.7 Å². The van der Waals surface area contributed by atoms with E-state index in [1.54, 1.807) is 47.4 Å². The van der Waals surface area contributed by atoms with Crippen LogP contribution in [0.5, 0.6) is 5.75 Å². The number of amides is 1. The number of fused-ring (bicyclic) bond motifs is 1. The molecule has 1 amide bonds. The van der Waals surface area contributed by atoms with Gasteiger partial charge < -0.3 is 14.7 Å². The maximum Gasteiger partial charge on any atom is 0.273 e. The van der Waals surface area contributed by atoms with E-state index in [2.05, 4.69) is 10.2 Å². The maximum atomic E-state index is 14.8. The maximum absolute atomic E-state index is 14.8. The van der Waals surface area contributed by atoms with Crippen molar-refractivity contribution in [2.45, 2.75) is 19.4 Å². The molecule has 6 nitrogen and oxygen atoms in total. The number of phenolic OH excluding ortho intramolecular Hbond substituents is 1. The zero-order valence-electron chi connectivity index (χ0n) is 16.1. The van der Waals surface area contributed by atoms with Crippen LogP contribution in [0.4, 0.5) is 4.39 Å². The highest BCUT2D eigenvalue weighted by Crippen LogP contribution is 2.44. The average molecular weight is 395 g/mol. The predicted octanol–water partition coefficient (Wildman–Crippen LogP) is 3.89. The molecule has 1 atom stereocenters. The summed E-state index contributed by atoms with van der Waals surface area (Å²) in [4.78, 5) is 14.8. The van der Waals surface area contributed by atoms with Gasteiger partial charge in [-0.2, -0.15) is 5.10 Å². The first kappa shape index (κ1) is 19.1. The van der Waals surface area contributed by atoms with Crippen LogP contribution in [0.3, 0.4) is 0 Å². The van der Waals surface area contributed by atoms with Crippen LogP contribution in [0, 0.1) is 5.82 Å². The molecule has 7 heteroatoms. The molecule has 1 aliphatic rings. The van der Waals surface area contributed by atoms with Gasteiger partial charge in [0.25, 0.3) is 5.91 Å². The summed E-state index contributed by atoms with van der Waals surface area (Å²) in [6.45, 7) is 3.45. The van der Waals surface area contributed by atoms with Gasteiger partial charge in [-0.15, -0.1) is 0 Å². The molecule has 0 spiro atoms. The number of nitrogens with zero attached hydrogens (tertiary/aromatic N) is 2. The van der Waals surface area contributed by atoms with Crippen molar-refractivity contribution in [3.05, 3.63) is 71.2 Å². The number of halogens is 1. The van der Waals surface area contributed by atoms with Gasteiger partial charge in [0.1, 0.15) is 23.0 Å². The van der Waals surface area contributed by atoms with Crippen LogP contribution in [0.1, 0.15) is 41.0 Å². The number of carbonyl (C=O) groups excluding carboxylic acids is 1. The van der Waals surface area contributed by atoms with E-state index in [1.807, 2.05) is 6.92 Å². The summed E-state index contributed by atoms with van der Waals surface area (Å²) in [6, 6.07) is 12.6. The molecule has 0 unspecified atom stereocenters. The zero-order valence-corrected chi connectivity index (χ0v) is 16.1. The van der Waals surface area contributed by atoms with Crippen molar-refractivity contribution >= 4 is 5.91 Å². The molecule has 1 aliphatic heterocycles. The smallest absolute Gasteiger partial charge is 0.273 e. The minimum Gasteiger partial charge on any atom is -0.507 e. The van der Waals surface area contributed by atoms with Crippen LogP contribution in [0.25, 0.3) is 11.3 Å². The molecule has 3 aromatic rings. The Morgan fingerprint density at radius 2 is 1.97 bits per heavy atom. The fourth-order valence-electron chi connectivity index (χ4n) is 3.81. The number of rotatable bonds is 7. The number of H-pyrrole nitrogens is 1. The molecule has 0 saturated heterocycles. The van der Waals surface area contributed by atoms with E-state index in [9.17, 15) is 14.3 Å². The van der Waals surface area contributed by atoms with Crippen molar-refractivity contribution in [1.82, 2.24) is 15.1 Å². The number of aromatic amines is 1. The molecule has 1 aromatic heterocycles. The van der Waals surface area contributed by atoms with E-state index in [1.165, 1.54) is 6.07 Å². The molecule has 2 aromatic carbocycles. The Morgan fingerprint density at radius 1 is 1.21 bits per heavy atom. The second-order valence-electron chi connectivity index (χ2n) is 6.85. The van der Waals surface area contributed by atoms with E-state index < -0.39 is 11.9 Å². The Hall–Kier alpha value is -3.19. The number of ether oxygens (including phenoxy) is 1. The molecule has 0 aliphatic carbocycles. The molecule has 0 fully saturated rings. The van der Waals surface area contributed by atoms with Gasteiger partial charge in [0.05, 0.1) is 6.04 Å². The lowest BCUT2D eigenvalue weighted by Gasteiger charge is -2.26. The minimum absolute atomic E-state index is 0.0522. The highest BCUT2D eigenvalue weighted by Gasteiger charge is 2.43. The van der Waals surface area contributed by atoms with Gasteiger partial charge >= 0.3 is 0 Å². The van der Waals surface area contributed by atoms with Crippen molar-refractivity contribution in [2.24, 2.45) is 0 Å². The Kier molecular flexibility index (Phi) is 5.31. The van der Waals surface area contributed by atoms with Gasteiger partial charge in [0.15, 0.2) is 0 Å². The lowest BCUT2D eigenvalue weighted by atomic mass is 9.95. The summed E-state index contributed by atoms with van der Waals surface area (Å²) < 4.78 is 20.2. The number of aromatic hydroxyl groups is 1. The first-order valence-electron chi connectivity index (χ1n) is 9.63. The lowest BCUT2D eigenvalue weighted by Crippen LogP contribution is -2.31. The molecular formula is C22H22FN3O3. The van der Waals surface area contributed by atoms with Gasteiger partial charge in [-0.3, -0.25) is 9.89 Å². The Bertz CT molecular complexity index is 1030. The van der Waals surface area contributed by atoms with Crippen molar-refractivity contribution < 1.29 is 19.0 Å². The Morgan fingerprint density at radius 3 is 2.72 bits per heavy atom. The summed E-state index contributed by atoms with van der Waals surface area (Å²) in [7, 11) is 0. The molecule has 2 N–H and O–H groups in total. The predicted molar refractivity (Wildman–Crippen MR) is 106 cm³/mol. The second kappa shape index (κ2) is 8.05. The number of para-hydroxylation sites is 1. The average Bonchev–Trinajstić information content (AvgIpc) is 3.26. The molecule has 29 heavy (non-hydrogen) atoms. The normalized spacial score (nSPS) is 15.7. The fourth-order valence-corrected chi connectivity index (χ4v) is 3.81. The van der Waals surface area contributed by atoms with Crippen LogP contribution < -0.4 is 0 Å². The molecule has 4 rings (SSSR count). The van der Waals surface area contributed by atoms with Crippen LogP contribution in [0.2, 0.25) is 0 Å². The van der Waals surface area contributed by atoms with E-state index in [4.69, 9.17) is 4.74 Å². The summed E-state index contributed by atoms with van der Waals surface area (Å²) >= 11 is 0. The molecule has 0 bridgehead atoms. The number of aromatic nitrogens is 2. The van der Waals surface area contributed by atoms with Crippen LogP contribution in [0.15, 0.2) is 48.5 Å². The number of hydrogen-bond donors (Lipinski definition) is 2. The number of benzene rings is 2. The monoisotopic (exact) mass is 395 g/mol. The third-order valence-electron chi connectivity index (χ3n) is 5.11. The molecule has 0 saturated carbocycles. The van der Waals surface area contributed by atoms with E-state index in [0.717, 1.165) is 0 Å². The highest BCUT2D eigenvalue weighted by molar-refractivity contribution is 6.00. The van der Waals surface area contributed by atoms with Crippen molar-refractivity contribution in [1.29, 1.82) is 0 Å². The molecule has 150 valence electrons. The van der Waals surface area contributed by atoms with Crippen molar-refractivity contribution in [3.63, 3.8) is 0 Å². The van der Waals surface area contributed by atoms with Crippen LogP contribution >= 0.6 is 0 Å². The van der Waals surface area contributed by atoms with Crippen molar-refractivity contribution in [2.75, 3.05) is 19.8 Å². The topological polar surface area (TPSA) is 78.5 Å². The van der Waals surface area contributed by atoms with Gasteiger partial charge in [-0.25, -0.2) is 4.39 Å². The molecule has 0 radical (unpaired) electrons. The van der Waals surface area contributed by atoms with Crippen molar-refractivity contribution in [3.8, 4) is 17.0 Å². The largest absolute Gasteiger partial charge is 0.507 e. The standard InChI is InChI=1S/C22H22FN3O3/c1-2-29-13-7-12-26-21(14-8-3-5-10-16(14)23)18-19(24-25-20(18)22(26)28)15-9-4-6-11-17(15)27/h3-6,8-11,21,27H,2,7,12-13H2,1H3,(H,24,25)/t21-/m1/s1. The lowest BCUT2D eigenvalue weighted by molar-refractivity contribution is 0.0708. The minimum atomic E-state index is -0.631. The second-order valence-corrected chi connectivity index (χ2v) is 6.85. The molecule has 2 heterocycles. The Balaban J connectivity index is 1.81. The van der Waals surface area contributed by atoms with Gasteiger partial charge in [0.2, 0.25) is 0 Å². The SMILES string of the molecule is CCOCCCN1C(=O)c2[nH]nc(-c3ccccc3O)c2[C@H]1c1ccccc1F. The summed E-state index contributed by atoms with van der Waals surface area (Å²) in [5.41, 5.74) is 2.25. The van der Waals surface area contributed by atoms with Gasteiger partial charge in [-0.1, -0.05) is 30.3 Å². The highest BCUT2D eigenvalue weighted by atomic mass is 19.1.